The predicted molar refractivity (Wildman–Crippen MR) is 135 cm³/mol. The van der Waals surface area contributed by atoms with Gasteiger partial charge in [-0.1, -0.05) is 13.0 Å². The molecule has 3 aromatic rings. The highest BCUT2D eigenvalue weighted by Gasteiger charge is 2.24. The van der Waals surface area contributed by atoms with Crippen LogP contribution in [-0.4, -0.2) is 55.9 Å². The molecule has 3 N–H and O–H groups in total. The van der Waals surface area contributed by atoms with Gasteiger partial charge in [-0.25, -0.2) is 4.98 Å². The maximum atomic E-state index is 12.0. The Morgan fingerprint density at radius 1 is 1.15 bits per heavy atom. The number of nitrogens with one attached hydrogen (secondary N) is 3. The van der Waals surface area contributed by atoms with Crippen molar-refractivity contribution in [3.8, 4) is 0 Å². The summed E-state index contributed by atoms with van der Waals surface area (Å²) in [7, 11) is -0.476. The van der Waals surface area contributed by atoms with Gasteiger partial charge in [0.25, 0.3) is 0 Å². The number of H-pyrrole nitrogens is 1. The van der Waals surface area contributed by atoms with Gasteiger partial charge in [0.2, 0.25) is 0 Å². The van der Waals surface area contributed by atoms with E-state index in [2.05, 4.69) is 52.0 Å². The molecule has 0 spiro atoms. The van der Waals surface area contributed by atoms with Gasteiger partial charge >= 0.3 is 10.2 Å². The van der Waals surface area contributed by atoms with E-state index in [1.807, 2.05) is 24.3 Å². The van der Waals surface area contributed by atoms with Crippen molar-refractivity contribution in [2.75, 3.05) is 36.8 Å². The lowest BCUT2D eigenvalue weighted by atomic mass is 10.0. The van der Waals surface area contributed by atoms with Crippen LogP contribution in [0, 0.1) is 6.92 Å². The first kappa shape index (κ1) is 23.5. The van der Waals surface area contributed by atoms with Crippen LogP contribution in [0.4, 0.5) is 11.4 Å². The Morgan fingerprint density at radius 2 is 1.85 bits per heavy atom. The molecule has 0 amide bonds. The average molecular weight is 471 g/mol. The molecule has 1 aromatic heterocycles. The first-order valence-electron chi connectivity index (χ1n) is 11.5. The van der Waals surface area contributed by atoms with Crippen LogP contribution in [0.2, 0.25) is 0 Å². The summed E-state index contributed by atoms with van der Waals surface area (Å²) >= 11 is 0. The van der Waals surface area contributed by atoms with E-state index in [1.54, 1.807) is 0 Å². The molecule has 2 heterocycles. The second kappa shape index (κ2) is 9.70. The Labute approximate surface area is 196 Å². The van der Waals surface area contributed by atoms with Crippen LogP contribution in [0.15, 0.2) is 42.5 Å². The molecule has 1 unspecified atom stereocenters. The number of rotatable bonds is 8. The Balaban J connectivity index is 1.34. The van der Waals surface area contributed by atoms with Gasteiger partial charge in [-0.15, -0.1) is 0 Å². The number of fused-ring (bicyclic) bond motifs is 1. The number of aryl methyl sites for hydroxylation is 1. The van der Waals surface area contributed by atoms with Gasteiger partial charge in [-0.05, 0) is 68.1 Å². The second-order valence-corrected chi connectivity index (χ2v) is 10.9. The molecule has 4 rings (SSSR count). The van der Waals surface area contributed by atoms with Gasteiger partial charge in [0.05, 0.1) is 17.1 Å². The normalized spacial score (nSPS) is 16.5. The smallest absolute Gasteiger partial charge is 0.301 e. The zero-order chi connectivity index (χ0) is 23.6. The molecule has 178 valence electrons. The lowest BCUT2D eigenvalue weighted by Crippen LogP contribution is -2.43. The van der Waals surface area contributed by atoms with Crippen LogP contribution in [0.5, 0.6) is 0 Å². The molecule has 9 heteroatoms. The van der Waals surface area contributed by atoms with E-state index in [4.69, 9.17) is 4.98 Å². The van der Waals surface area contributed by atoms with Crippen molar-refractivity contribution in [3.63, 3.8) is 0 Å². The maximum absolute atomic E-state index is 12.0. The van der Waals surface area contributed by atoms with E-state index in [0.717, 1.165) is 59.2 Å². The summed E-state index contributed by atoms with van der Waals surface area (Å²) in [4.78, 5) is 10.7. The SMILES string of the molecule is CCC(NC1CCN(c2ccc(NS(=O)(=O)N(C)C)cc2)CC1)c1nc2ccc(C)cc2[nH]1. The molecule has 8 nitrogen and oxygen atoms in total. The van der Waals surface area contributed by atoms with Crippen molar-refractivity contribution < 1.29 is 8.42 Å². The van der Waals surface area contributed by atoms with Crippen molar-refractivity contribution in [1.82, 2.24) is 19.6 Å². The number of piperidine rings is 1. The Morgan fingerprint density at radius 3 is 2.48 bits per heavy atom. The topological polar surface area (TPSA) is 93.4 Å². The van der Waals surface area contributed by atoms with Gasteiger partial charge in [-0.3, -0.25) is 4.72 Å². The summed E-state index contributed by atoms with van der Waals surface area (Å²) in [6.45, 7) is 6.20. The van der Waals surface area contributed by atoms with E-state index < -0.39 is 10.2 Å². The standard InChI is InChI=1S/C24H34N6O2S/c1-5-21(24-26-22-11-6-17(2)16-23(22)27-24)25-18-12-14-30(15-13-18)20-9-7-19(8-10-20)28-33(31,32)29(3)4/h6-11,16,18,21,25,28H,5,12-15H2,1-4H3,(H,26,27). The summed E-state index contributed by atoms with van der Waals surface area (Å²) in [6.07, 6.45) is 3.07. The molecule has 1 aliphatic heterocycles. The molecule has 1 saturated heterocycles. The third-order valence-electron chi connectivity index (χ3n) is 6.29. The lowest BCUT2D eigenvalue weighted by molar-refractivity contribution is 0.357. The highest BCUT2D eigenvalue weighted by Crippen LogP contribution is 2.25. The molecule has 2 aromatic carbocycles. The van der Waals surface area contributed by atoms with Crippen LogP contribution in [0.3, 0.4) is 0 Å². The second-order valence-electron chi connectivity index (χ2n) is 8.97. The number of aromatic amines is 1. The van der Waals surface area contributed by atoms with Gasteiger partial charge in [0.15, 0.2) is 0 Å². The highest BCUT2D eigenvalue weighted by atomic mass is 32.2. The minimum atomic E-state index is -3.49. The Hall–Kier alpha value is -2.62. The van der Waals surface area contributed by atoms with Crippen molar-refractivity contribution in [2.45, 2.75) is 45.2 Å². The minimum absolute atomic E-state index is 0.207. The molecule has 1 aliphatic rings. The summed E-state index contributed by atoms with van der Waals surface area (Å²) in [5.41, 5.74) is 5.02. The number of anilines is 2. The third-order valence-corrected chi connectivity index (χ3v) is 7.74. The van der Waals surface area contributed by atoms with Crippen molar-refractivity contribution in [2.24, 2.45) is 0 Å². The number of aromatic nitrogens is 2. The first-order valence-corrected chi connectivity index (χ1v) is 13.0. The quantitative estimate of drug-likeness (QED) is 0.466. The van der Waals surface area contributed by atoms with E-state index in [1.165, 1.54) is 19.7 Å². The molecule has 0 saturated carbocycles. The highest BCUT2D eigenvalue weighted by molar-refractivity contribution is 7.90. The Bertz CT molecular complexity index is 1180. The lowest BCUT2D eigenvalue weighted by Gasteiger charge is -2.35. The van der Waals surface area contributed by atoms with E-state index in [9.17, 15) is 8.42 Å². The number of hydrogen-bond acceptors (Lipinski definition) is 5. The Kier molecular flexibility index (Phi) is 6.92. The molecule has 0 bridgehead atoms. The molecule has 0 aliphatic carbocycles. The number of nitrogens with zero attached hydrogens (tertiary/aromatic N) is 3. The van der Waals surface area contributed by atoms with Crippen molar-refractivity contribution >= 4 is 32.6 Å². The van der Waals surface area contributed by atoms with Gasteiger partial charge in [-0.2, -0.15) is 12.7 Å². The van der Waals surface area contributed by atoms with Crippen LogP contribution >= 0.6 is 0 Å². The number of imidazole rings is 1. The van der Waals surface area contributed by atoms with Gasteiger partial charge < -0.3 is 15.2 Å². The molecule has 1 fully saturated rings. The zero-order valence-corrected chi connectivity index (χ0v) is 20.6. The third kappa shape index (κ3) is 5.48. The monoisotopic (exact) mass is 470 g/mol. The molecule has 0 radical (unpaired) electrons. The fourth-order valence-electron chi connectivity index (χ4n) is 4.27. The van der Waals surface area contributed by atoms with Crippen molar-refractivity contribution in [3.05, 3.63) is 53.9 Å². The van der Waals surface area contributed by atoms with Crippen LogP contribution in [0.25, 0.3) is 11.0 Å². The number of hydrogen-bond donors (Lipinski definition) is 3. The molecular formula is C24H34N6O2S. The van der Waals surface area contributed by atoms with Crippen LogP contribution in [0.1, 0.15) is 43.6 Å². The molecule has 33 heavy (non-hydrogen) atoms. The first-order chi connectivity index (χ1) is 15.7. The zero-order valence-electron chi connectivity index (χ0n) is 19.8. The van der Waals surface area contributed by atoms with E-state index >= 15 is 0 Å². The fraction of sp³-hybridized carbons (Fsp3) is 0.458. The fourth-order valence-corrected chi connectivity index (χ4v) is 4.88. The van der Waals surface area contributed by atoms with Crippen LogP contribution in [-0.2, 0) is 10.2 Å². The average Bonchev–Trinajstić information content (AvgIpc) is 3.21. The van der Waals surface area contributed by atoms with Gasteiger partial charge in [0.1, 0.15) is 5.82 Å². The predicted octanol–water partition coefficient (Wildman–Crippen LogP) is 3.80. The van der Waals surface area contributed by atoms with Crippen LogP contribution < -0.4 is 14.9 Å². The summed E-state index contributed by atoms with van der Waals surface area (Å²) in [6, 6.07) is 14.6. The number of benzene rings is 2. The maximum Gasteiger partial charge on any atom is 0.301 e. The summed E-state index contributed by atoms with van der Waals surface area (Å²) in [5, 5.41) is 3.81. The summed E-state index contributed by atoms with van der Waals surface area (Å²) < 4.78 is 27.7. The van der Waals surface area contributed by atoms with Gasteiger partial charge in [0, 0.05) is 44.6 Å². The van der Waals surface area contributed by atoms with Crippen molar-refractivity contribution in [1.29, 1.82) is 0 Å². The molecule has 1 atom stereocenters. The minimum Gasteiger partial charge on any atom is -0.371 e. The summed E-state index contributed by atoms with van der Waals surface area (Å²) in [5.74, 6) is 1.01. The van der Waals surface area contributed by atoms with E-state index in [0.29, 0.717) is 11.7 Å². The molecular weight excluding hydrogens is 436 g/mol. The largest absolute Gasteiger partial charge is 0.371 e. The van der Waals surface area contributed by atoms with E-state index in [-0.39, 0.29) is 6.04 Å².